The maximum absolute atomic E-state index is 12.9. The third-order valence-corrected chi connectivity index (χ3v) is 4.54. The number of hydrogen-bond donors (Lipinski definition) is 0. The highest BCUT2D eigenvalue weighted by molar-refractivity contribution is 7.17. The van der Waals surface area contributed by atoms with E-state index in [0.717, 1.165) is 21.7 Å². The van der Waals surface area contributed by atoms with E-state index in [1.54, 1.807) is 10.9 Å². The van der Waals surface area contributed by atoms with E-state index in [0.29, 0.717) is 17.6 Å². The van der Waals surface area contributed by atoms with Crippen LogP contribution in [-0.4, -0.2) is 14.7 Å². The summed E-state index contributed by atoms with van der Waals surface area (Å²) in [7, 11) is 0. The van der Waals surface area contributed by atoms with Gasteiger partial charge in [-0.2, -0.15) is 0 Å². The molecule has 0 aliphatic heterocycles. The van der Waals surface area contributed by atoms with Gasteiger partial charge in [-0.3, -0.25) is 9.36 Å². The van der Waals surface area contributed by atoms with Crippen molar-refractivity contribution in [1.82, 2.24) is 14.7 Å². The molecule has 6 heteroatoms. The van der Waals surface area contributed by atoms with Crippen molar-refractivity contribution in [2.75, 3.05) is 0 Å². The third-order valence-electron chi connectivity index (χ3n) is 3.65. The lowest BCUT2D eigenvalue weighted by molar-refractivity contribution is 0.388. The lowest BCUT2D eigenvalue weighted by Crippen LogP contribution is -2.21. The molecular weight excluding hydrogens is 310 g/mol. The molecule has 0 saturated heterocycles. The summed E-state index contributed by atoms with van der Waals surface area (Å²) in [4.78, 5) is 18.0. The largest absolute Gasteiger partial charge is 0.361 e. The van der Waals surface area contributed by atoms with E-state index in [1.165, 1.54) is 11.3 Å². The maximum Gasteiger partial charge on any atom is 0.263 e. The number of hydrogen-bond acceptors (Lipinski definition) is 5. The summed E-state index contributed by atoms with van der Waals surface area (Å²) in [5.74, 6) is 0.725. The number of aryl methyl sites for hydroxylation is 1. The van der Waals surface area contributed by atoms with Crippen LogP contribution in [0, 0.1) is 6.92 Å². The fourth-order valence-corrected chi connectivity index (χ4v) is 3.48. The molecule has 4 rings (SSSR count). The summed E-state index contributed by atoms with van der Waals surface area (Å²) in [6, 6.07) is 11.7. The number of nitrogens with zero attached hydrogens (tertiary/aromatic N) is 3. The Balaban J connectivity index is 1.85. The summed E-state index contributed by atoms with van der Waals surface area (Å²) in [5, 5.41) is 6.58. The van der Waals surface area contributed by atoms with Crippen LogP contribution >= 0.6 is 11.3 Å². The van der Waals surface area contributed by atoms with Crippen molar-refractivity contribution >= 4 is 21.6 Å². The van der Waals surface area contributed by atoms with Gasteiger partial charge in [-0.1, -0.05) is 35.5 Å². The molecule has 0 saturated carbocycles. The topological polar surface area (TPSA) is 60.9 Å². The smallest absolute Gasteiger partial charge is 0.263 e. The zero-order chi connectivity index (χ0) is 15.8. The van der Waals surface area contributed by atoms with E-state index in [9.17, 15) is 4.79 Å². The van der Waals surface area contributed by atoms with Gasteiger partial charge in [0.1, 0.15) is 16.3 Å². The zero-order valence-electron chi connectivity index (χ0n) is 12.4. The van der Waals surface area contributed by atoms with Crippen LogP contribution in [0.5, 0.6) is 0 Å². The molecule has 5 nitrogen and oxygen atoms in total. The average molecular weight is 323 g/mol. The summed E-state index contributed by atoms with van der Waals surface area (Å²) >= 11 is 1.48. The second-order valence-electron chi connectivity index (χ2n) is 5.30. The average Bonchev–Trinajstić information content (AvgIpc) is 3.17. The maximum atomic E-state index is 12.9. The van der Waals surface area contributed by atoms with Crippen LogP contribution in [0.3, 0.4) is 0 Å². The minimum atomic E-state index is -0.0595. The monoisotopic (exact) mass is 323 g/mol. The number of benzene rings is 1. The van der Waals surface area contributed by atoms with Crippen LogP contribution in [-0.2, 0) is 6.54 Å². The highest BCUT2D eigenvalue weighted by Gasteiger charge is 2.14. The molecular formula is C17H13N3O2S. The van der Waals surface area contributed by atoms with Crippen LogP contribution < -0.4 is 5.56 Å². The van der Waals surface area contributed by atoms with Crippen LogP contribution in [0.25, 0.3) is 21.3 Å². The Bertz CT molecular complexity index is 1030. The number of rotatable bonds is 3. The van der Waals surface area contributed by atoms with Crippen molar-refractivity contribution < 1.29 is 4.52 Å². The molecule has 0 unspecified atom stereocenters. The SMILES string of the molecule is Cc1cc(Cn2cnc3scc(-c4ccccc4)c3c2=O)no1. The predicted molar refractivity (Wildman–Crippen MR) is 89.7 cm³/mol. The quantitative estimate of drug-likeness (QED) is 0.579. The molecule has 0 aliphatic rings. The Morgan fingerprint density at radius 2 is 2.09 bits per heavy atom. The number of thiophene rings is 1. The standard InChI is InChI=1S/C17H13N3O2S/c1-11-7-13(19-22-11)8-20-10-18-16-15(17(20)21)14(9-23-16)12-5-3-2-4-6-12/h2-7,9-10H,8H2,1H3. The number of aromatic nitrogens is 3. The fourth-order valence-electron chi connectivity index (χ4n) is 2.58. The van der Waals surface area contributed by atoms with Crippen LogP contribution in [0.1, 0.15) is 11.5 Å². The summed E-state index contributed by atoms with van der Waals surface area (Å²) in [6.45, 7) is 2.18. The lowest BCUT2D eigenvalue weighted by atomic mass is 10.1. The molecule has 3 heterocycles. The van der Waals surface area contributed by atoms with Crippen molar-refractivity contribution in [3.05, 3.63) is 69.9 Å². The van der Waals surface area contributed by atoms with E-state index < -0.39 is 0 Å². The minimum absolute atomic E-state index is 0.0595. The Kier molecular flexibility index (Phi) is 3.31. The Morgan fingerprint density at radius 3 is 2.83 bits per heavy atom. The zero-order valence-corrected chi connectivity index (χ0v) is 13.2. The van der Waals surface area contributed by atoms with E-state index in [-0.39, 0.29) is 5.56 Å². The third kappa shape index (κ3) is 2.47. The Hall–Kier alpha value is -2.73. The molecule has 114 valence electrons. The van der Waals surface area contributed by atoms with Gasteiger partial charge >= 0.3 is 0 Å². The van der Waals surface area contributed by atoms with Gasteiger partial charge in [0.05, 0.1) is 18.3 Å². The number of fused-ring (bicyclic) bond motifs is 1. The minimum Gasteiger partial charge on any atom is -0.361 e. The molecule has 1 aromatic carbocycles. The van der Waals surface area contributed by atoms with Gasteiger partial charge in [0, 0.05) is 17.0 Å². The molecule has 0 N–H and O–H groups in total. The summed E-state index contributed by atoms with van der Waals surface area (Å²) < 4.78 is 6.63. The molecule has 0 spiro atoms. The lowest BCUT2D eigenvalue weighted by Gasteiger charge is -2.04. The van der Waals surface area contributed by atoms with Gasteiger partial charge in [0.25, 0.3) is 5.56 Å². The molecule has 4 aromatic rings. The molecule has 3 aromatic heterocycles. The van der Waals surface area contributed by atoms with E-state index in [1.807, 2.05) is 48.7 Å². The molecule has 0 atom stereocenters. The Morgan fingerprint density at radius 1 is 1.26 bits per heavy atom. The predicted octanol–water partition coefficient (Wildman–Crippen LogP) is 3.47. The molecule has 0 aliphatic carbocycles. The van der Waals surface area contributed by atoms with Gasteiger partial charge in [0.15, 0.2) is 0 Å². The van der Waals surface area contributed by atoms with E-state index in [4.69, 9.17) is 4.52 Å². The molecule has 0 bridgehead atoms. The van der Waals surface area contributed by atoms with Crippen molar-refractivity contribution in [2.45, 2.75) is 13.5 Å². The van der Waals surface area contributed by atoms with Crippen LogP contribution in [0.2, 0.25) is 0 Å². The summed E-state index contributed by atoms with van der Waals surface area (Å²) in [6.07, 6.45) is 1.57. The van der Waals surface area contributed by atoms with Gasteiger partial charge in [-0.15, -0.1) is 11.3 Å². The molecule has 0 fully saturated rings. The molecule has 0 radical (unpaired) electrons. The van der Waals surface area contributed by atoms with Crippen LogP contribution in [0.15, 0.2) is 57.4 Å². The highest BCUT2D eigenvalue weighted by Crippen LogP contribution is 2.30. The first-order valence-electron chi connectivity index (χ1n) is 7.16. The van der Waals surface area contributed by atoms with Gasteiger partial charge in [-0.25, -0.2) is 4.98 Å². The van der Waals surface area contributed by atoms with E-state index >= 15 is 0 Å². The second-order valence-corrected chi connectivity index (χ2v) is 6.16. The highest BCUT2D eigenvalue weighted by atomic mass is 32.1. The van der Waals surface area contributed by atoms with Crippen LogP contribution in [0.4, 0.5) is 0 Å². The second kappa shape index (κ2) is 5.48. The molecule has 23 heavy (non-hydrogen) atoms. The normalized spacial score (nSPS) is 11.2. The van der Waals surface area contributed by atoms with Gasteiger partial charge in [-0.05, 0) is 12.5 Å². The van der Waals surface area contributed by atoms with Gasteiger partial charge < -0.3 is 4.52 Å². The first kappa shape index (κ1) is 13.9. The van der Waals surface area contributed by atoms with Crippen molar-refractivity contribution in [3.8, 4) is 11.1 Å². The molecule has 0 amide bonds. The summed E-state index contributed by atoms with van der Waals surface area (Å²) in [5.41, 5.74) is 2.60. The van der Waals surface area contributed by atoms with Crippen molar-refractivity contribution in [2.24, 2.45) is 0 Å². The Labute approximate surface area is 135 Å². The first-order valence-corrected chi connectivity index (χ1v) is 8.04. The first-order chi connectivity index (χ1) is 11.2. The van der Waals surface area contributed by atoms with Crippen molar-refractivity contribution in [1.29, 1.82) is 0 Å². The van der Waals surface area contributed by atoms with Gasteiger partial charge in [0.2, 0.25) is 0 Å². The van der Waals surface area contributed by atoms with Crippen molar-refractivity contribution in [3.63, 3.8) is 0 Å². The fraction of sp³-hybridized carbons (Fsp3) is 0.118. The van der Waals surface area contributed by atoms with E-state index in [2.05, 4.69) is 10.1 Å².